The number of benzene rings is 1. The number of halogens is 1. The molecule has 0 aliphatic carbocycles. The molecule has 0 spiro atoms. The Balaban J connectivity index is 2.02. The van der Waals surface area contributed by atoms with Gasteiger partial charge in [-0.2, -0.15) is 0 Å². The molecule has 0 saturated heterocycles. The molecule has 0 unspecified atom stereocenters. The summed E-state index contributed by atoms with van der Waals surface area (Å²) in [6.45, 7) is 0.912. The van der Waals surface area contributed by atoms with Gasteiger partial charge in [0.1, 0.15) is 21.9 Å². The summed E-state index contributed by atoms with van der Waals surface area (Å²) in [6.07, 6.45) is 2.68. The second-order valence-corrected chi connectivity index (χ2v) is 5.73. The molecule has 0 saturated carbocycles. The fourth-order valence-electron chi connectivity index (χ4n) is 2.54. The minimum absolute atomic E-state index is 0.106. The lowest BCUT2D eigenvalue weighted by Gasteiger charge is -2.17. The van der Waals surface area contributed by atoms with Crippen LogP contribution < -0.4 is 4.74 Å². The lowest BCUT2D eigenvalue weighted by Crippen LogP contribution is -2.08. The monoisotopic (exact) mass is 336 g/mol. The van der Waals surface area contributed by atoms with Crippen LogP contribution in [0.15, 0.2) is 22.8 Å². The SMILES string of the molecule is Cn1c(CCO)nc(-c2ccc3c(c2)CCCO3)c1Br. The quantitative estimate of drug-likeness (QED) is 0.937. The number of nitrogens with zero attached hydrogens (tertiary/aromatic N) is 2. The molecule has 5 heteroatoms. The van der Waals surface area contributed by atoms with Crippen LogP contribution in [0.2, 0.25) is 0 Å². The summed E-state index contributed by atoms with van der Waals surface area (Å²) in [6, 6.07) is 6.22. The van der Waals surface area contributed by atoms with Gasteiger partial charge in [0, 0.05) is 19.0 Å². The van der Waals surface area contributed by atoms with Crippen LogP contribution in [0.4, 0.5) is 0 Å². The van der Waals surface area contributed by atoms with E-state index >= 15 is 0 Å². The predicted molar refractivity (Wildman–Crippen MR) is 80.9 cm³/mol. The molecule has 0 fully saturated rings. The number of aromatic nitrogens is 2. The Morgan fingerprint density at radius 1 is 1.45 bits per heavy atom. The molecule has 2 aromatic rings. The highest BCUT2D eigenvalue weighted by molar-refractivity contribution is 9.10. The number of aryl methyl sites for hydroxylation is 1. The van der Waals surface area contributed by atoms with Gasteiger partial charge in [-0.25, -0.2) is 4.98 Å². The third-order valence-corrected chi connectivity index (χ3v) is 4.54. The van der Waals surface area contributed by atoms with E-state index in [0.29, 0.717) is 6.42 Å². The molecular weight excluding hydrogens is 320 g/mol. The summed E-state index contributed by atoms with van der Waals surface area (Å²) in [7, 11) is 1.95. The first-order valence-electron chi connectivity index (χ1n) is 6.78. The molecule has 2 heterocycles. The smallest absolute Gasteiger partial charge is 0.122 e. The zero-order valence-corrected chi connectivity index (χ0v) is 13.0. The molecule has 0 atom stereocenters. The van der Waals surface area contributed by atoms with Crippen LogP contribution in [-0.2, 0) is 19.9 Å². The highest BCUT2D eigenvalue weighted by atomic mass is 79.9. The van der Waals surface area contributed by atoms with E-state index < -0.39 is 0 Å². The molecule has 0 amide bonds. The summed E-state index contributed by atoms with van der Waals surface area (Å²) in [5.74, 6) is 1.87. The van der Waals surface area contributed by atoms with Gasteiger partial charge in [0.05, 0.1) is 13.2 Å². The van der Waals surface area contributed by atoms with Crippen molar-refractivity contribution in [3.8, 4) is 17.0 Å². The van der Waals surface area contributed by atoms with Crippen molar-refractivity contribution in [2.75, 3.05) is 13.2 Å². The maximum atomic E-state index is 9.09. The first-order valence-corrected chi connectivity index (χ1v) is 7.58. The molecule has 1 aromatic heterocycles. The predicted octanol–water partition coefficient (Wildman–Crippen LogP) is 2.71. The van der Waals surface area contributed by atoms with E-state index in [-0.39, 0.29) is 6.61 Å². The highest BCUT2D eigenvalue weighted by Crippen LogP contribution is 2.33. The Hall–Kier alpha value is -1.33. The van der Waals surface area contributed by atoms with Gasteiger partial charge in [0.25, 0.3) is 0 Å². The third-order valence-electron chi connectivity index (χ3n) is 3.64. The zero-order chi connectivity index (χ0) is 14.1. The van der Waals surface area contributed by atoms with E-state index in [1.165, 1.54) is 5.56 Å². The van der Waals surface area contributed by atoms with Crippen molar-refractivity contribution in [2.24, 2.45) is 7.05 Å². The van der Waals surface area contributed by atoms with Crippen molar-refractivity contribution in [3.63, 3.8) is 0 Å². The van der Waals surface area contributed by atoms with E-state index in [4.69, 9.17) is 9.84 Å². The van der Waals surface area contributed by atoms with Crippen LogP contribution >= 0.6 is 15.9 Å². The number of imidazole rings is 1. The van der Waals surface area contributed by atoms with Crippen molar-refractivity contribution in [2.45, 2.75) is 19.3 Å². The zero-order valence-electron chi connectivity index (χ0n) is 11.4. The average molecular weight is 337 g/mol. The minimum Gasteiger partial charge on any atom is -0.493 e. The third kappa shape index (κ3) is 2.36. The van der Waals surface area contributed by atoms with Crippen LogP contribution in [0.25, 0.3) is 11.3 Å². The maximum absolute atomic E-state index is 9.09. The summed E-state index contributed by atoms with van der Waals surface area (Å²) >= 11 is 3.59. The number of fused-ring (bicyclic) bond motifs is 1. The van der Waals surface area contributed by atoms with Gasteiger partial charge < -0.3 is 14.4 Å². The molecule has 1 aliphatic rings. The van der Waals surface area contributed by atoms with Gasteiger partial charge in [-0.05, 0) is 52.5 Å². The van der Waals surface area contributed by atoms with Crippen molar-refractivity contribution in [1.29, 1.82) is 0 Å². The van der Waals surface area contributed by atoms with Crippen molar-refractivity contribution >= 4 is 15.9 Å². The minimum atomic E-state index is 0.106. The molecule has 3 rings (SSSR count). The number of ether oxygens (including phenoxy) is 1. The van der Waals surface area contributed by atoms with E-state index in [0.717, 1.165) is 46.9 Å². The lowest BCUT2D eigenvalue weighted by atomic mass is 10.0. The van der Waals surface area contributed by atoms with Crippen molar-refractivity contribution < 1.29 is 9.84 Å². The second kappa shape index (κ2) is 5.58. The summed E-state index contributed by atoms with van der Waals surface area (Å²) < 4.78 is 8.56. The second-order valence-electron chi connectivity index (χ2n) is 4.97. The van der Waals surface area contributed by atoms with Crippen LogP contribution in [0.3, 0.4) is 0 Å². The maximum Gasteiger partial charge on any atom is 0.122 e. The van der Waals surface area contributed by atoms with Crippen LogP contribution in [0.5, 0.6) is 5.75 Å². The Morgan fingerprint density at radius 3 is 3.10 bits per heavy atom. The summed E-state index contributed by atoms with van der Waals surface area (Å²) in [5, 5.41) is 9.09. The number of hydrogen-bond acceptors (Lipinski definition) is 3. The van der Waals surface area contributed by atoms with Gasteiger partial charge in [-0.1, -0.05) is 0 Å². The fraction of sp³-hybridized carbons (Fsp3) is 0.400. The van der Waals surface area contributed by atoms with Crippen molar-refractivity contribution in [3.05, 3.63) is 34.2 Å². The van der Waals surface area contributed by atoms with E-state index in [1.807, 2.05) is 23.7 Å². The van der Waals surface area contributed by atoms with Gasteiger partial charge in [0.2, 0.25) is 0 Å². The topological polar surface area (TPSA) is 47.3 Å². The summed E-state index contributed by atoms with van der Waals surface area (Å²) in [5.41, 5.74) is 3.25. The molecular formula is C15H17BrN2O2. The Bertz CT molecular complexity index is 637. The molecule has 1 aliphatic heterocycles. The van der Waals surface area contributed by atoms with Gasteiger partial charge in [-0.3, -0.25) is 0 Å². The van der Waals surface area contributed by atoms with Crippen molar-refractivity contribution in [1.82, 2.24) is 9.55 Å². The molecule has 0 radical (unpaired) electrons. The van der Waals surface area contributed by atoms with Gasteiger partial charge >= 0.3 is 0 Å². The molecule has 4 nitrogen and oxygen atoms in total. The van der Waals surface area contributed by atoms with Gasteiger partial charge in [-0.15, -0.1) is 0 Å². The first-order chi connectivity index (χ1) is 9.70. The number of aliphatic hydroxyl groups is 1. The number of rotatable bonds is 3. The number of hydrogen-bond donors (Lipinski definition) is 1. The first kappa shape index (κ1) is 13.6. The molecule has 0 bridgehead atoms. The Kier molecular flexibility index (Phi) is 3.81. The van der Waals surface area contributed by atoms with Crippen LogP contribution in [0, 0.1) is 0 Å². The van der Waals surface area contributed by atoms with E-state index in [1.54, 1.807) is 0 Å². The van der Waals surface area contributed by atoms with Crippen LogP contribution in [0.1, 0.15) is 17.8 Å². The van der Waals surface area contributed by atoms with E-state index in [9.17, 15) is 0 Å². The number of aliphatic hydroxyl groups excluding tert-OH is 1. The summed E-state index contributed by atoms with van der Waals surface area (Å²) in [4.78, 5) is 4.63. The molecule has 1 aromatic carbocycles. The average Bonchev–Trinajstić information content (AvgIpc) is 2.76. The van der Waals surface area contributed by atoms with E-state index in [2.05, 4.69) is 27.0 Å². The normalized spacial score (nSPS) is 13.9. The molecule has 106 valence electrons. The largest absolute Gasteiger partial charge is 0.493 e. The van der Waals surface area contributed by atoms with Gasteiger partial charge in [0.15, 0.2) is 0 Å². The Morgan fingerprint density at radius 2 is 2.30 bits per heavy atom. The highest BCUT2D eigenvalue weighted by Gasteiger charge is 2.17. The standard InChI is InChI=1S/C15H17BrN2O2/c1-18-13(6-7-19)17-14(15(18)16)11-4-5-12-10(9-11)3-2-8-20-12/h4-5,9,19H,2-3,6-8H2,1H3. The lowest BCUT2D eigenvalue weighted by molar-refractivity contribution is 0.288. The molecule has 20 heavy (non-hydrogen) atoms. The Labute approximate surface area is 126 Å². The van der Waals surface area contributed by atoms with Crippen LogP contribution in [-0.4, -0.2) is 27.9 Å². The molecule has 1 N–H and O–H groups in total. The fourth-order valence-corrected chi connectivity index (χ4v) is 3.06.